The van der Waals surface area contributed by atoms with Gasteiger partial charge >= 0.3 is 5.97 Å². The Bertz CT molecular complexity index is 623. The summed E-state index contributed by atoms with van der Waals surface area (Å²) in [6.45, 7) is 0.457. The molecule has 0 unspecified atom stereocenters. The van der Waals surface area contributed by atoms with Crippen molar-refractivity contribution in [1.29, 1.82) is 0 Å². The molecule has 0 saturated carbocycles. The smallest absolute Gasteiger partial charge is 0.354 e. The summed E-state index contributed by atoms with van der Waals surface area (Å²) in [6.07, 6.45) is 1.68. The fourth-order valence-electron chi connectivity index (χ4n) is 1.77. The molecule has 0 fully saturated rings. The Labute approximate surface area is 120 Å². The maximum atomic E-state index is 11.6. The molecule has 2 aromatic rings. The molecule has 19 heavy (non-hydrogen) atoms. The molecule has 6 heteroatoms. The molecule has 0 bridgehead atoms. The number of methoxy groups -OCH3 is 1. The Morgan fingerprint density at radius 2 is 2.05 bits per heavy atom. The molecule has 2 rings (SSSR count). The molecule has 0 atom stereocenters. The van der Waals surface area contributed by atoms with Gasteiger partial charge in [0.25, 0.3) is 0 Å². The number of hydrogen-bond donors (Lipinski definition) is 1. The molecular weight excluding hydrogens is 287 g/mol. The minimum absolute atomic E-state index is 0.395. The monoisotopic (exact) mass is 298 g/mol. The number of nitrogens with zero attached hydrogens (tertiary/aromatic N) is 1. The lowest BCUT2D eigenvalue weighted by atomic mass is 10.2. The first-order chi connectivity index (χ1) is 9.01. The second-order valence-corrected chi connectivity index (χ2v) is 4.84. The molecule has 0 aliphatic heterocycles. The standard InChI is InChI=1S/C13H12Cl2N2O2/c1-19-13(18)12-5-9(16)7-17(12)6-8-2-3-10(14)11(15)4-8/h2-5,7H,6,16H2,1H3. The number of ether oxygens (including phenoxy) is 1. The van der Waals surface area contributed by atoms with Crippen molar-refractivity contribution in [2.45, 2.75) is 6.54 Å². The molecule has 0 aliphatic rings. The van der Waals surface area contributed by atoms with Gasteiger partial charge in [-0.05, 0) is 23.8 Å². The van der Waals surface area contributed by atoms with E-state index in [-0.39, 0.29) is 0 Å². The van der Waals surface area contributed by atoms with Gasteiger partial charge in [0.2, 0.25) is 0 Å². The van der Waals surface area contributed by atoms with Gasteiger partial charge in [-0.2, -0.15) is 0 Å². The molecule has 0 aliphatic carbocycles. The molecule has 1 aromatic heterocycles. The lowest BCUT2D eigenvalue weighted by molar-refractivity contribution is 0.0589. The Kier molecular flexibility index (Phi) is 4.02. The van der Waals surface area contributed by atoms with Crippen LogP contribution >= 0.6 is 23.2 Å². The maximum absolute atomic E-state index is 11.6. The SMILES string of the molecule is COC(=O)c1cc(N)cn1Cc1ccc(Cl)c(Cl)c1. The van der Waals surface area contributed by atoms with E-state index in [9.17, 15) is 4.79 Å². The number of carbonyl (C=O) groups excluding carboxylic acids is 1. The Morgan fingerprint density at radius 1 is 1.32 bits per heavy atom. The highest BCUT2D eigenvalue weighted by Gasteiger charge is 2.13. The van der Waals surface area contributed by atoms with Gasteiger partial charge in [0, 0.05) is 12.7 Å². The summed E-state index contributed by atoms with van der Waals surface area (Å²) < 4.78 is 6.42. The molecule has 0 saturated heterocycles. The molecule has 0 amide bonds. The molecule has 2 N–H and O–H groups in total. The summed E-state index contributed by atoms with van der Waals surface area (Å²) >= 11 is 11.8. The number of rotatable bonds is 3. The zero-order valence-electron chi connectivity index (χ0n) is 10.2. The summed E-state index contributed by atoms with van der Waals surface area (Å²) in [6, 6.07) is 6.87. The van der Waals surface area contributed by atoms with E-state index in [1.54, 1.807) is 29.0 Å². The number of hydrogen-bond acceptors (Lipinski definition) is 3. The number of nitrogen functional groups attached to an aromatic ring is 1. The van der Waals surface area contributed by atoms with Crippen molar-refractivity contribution in [3.8, 4) is 0 Å². The number of esters is 1. The molecule has 4 nitrogen and oxygen atoms in total. The summed E-state index contributed by atoms with van der Waals surface area (Å²) in [5.74, 6) is -0.434. The fraction of sp³-hybridized carbons (Fsp3) is 0.154. The molecule has 1 aromatic carbocycles. The Hall–Kier alpha value is -1.65. The zero-order chi connectivity index (χ0) is 14.0. The molecule has 100 valence electrons. The van der Waals surface area contributed by atoms with Crippen molar-refractivity contribution in [3.05, 3.63) is 51.8 Å². The maximum Gasteiger partial charge on any atom is 0.354 e. The van der Waals surface area contributed by atoms with Crippen LogP contribution in [0, 0.1) is 0 Å². The van der Waals surface area contributed by atoms with E-state index >= 15 is 0 Å². The highest BCUT2D eigenvalue weighted by Crippen LogP contribution is 2.23. The first-order valence-electron chi connectivity index (χ1n) is 5.49. The van der Waals surface area contributed by atoms with Crippen LogP contribution in [0.2, 0.25) is 10.0 Å². The summed E-state index contributed by atoms with van der Waals surface area (Å²) in [7, 11) is 1.33. The second kappa shape index (κ2) is 5.55. The van der Waals surface area contributed by atoms with Crippen molar-refractivity contribution in [1.82, 2.24) is 4.57 Å². The quantitative estimate of drug-likeness (QED) is 0.885. The average molecular weight is 299 g/mol. The molecule has 0 radical (unpaired) electrons. The fourth-order valence-corrected chi connectivity index (χ4v) is 2.09. The highest BCUT2D eigenvalue weighted by atomic mass is 35.5. The van der Waals surface area contributed by atoms with E-state index in [0.717, 1.165) is 5.56 Å². The number of carbonyl (C=O) groups is 1. The minimum atomic E-state index is -0.434. The first-order valence-corrected chi connectivity index (χ1v) is 6.24. The van der Waals surface area contributed by atoms with Crippen LogP contribution in [0.1, 0.15) is 16.1 Å². The van der Waals surface area contributed by atoms with Crippen LogP contribution in [0.5, 0.6) is 0 Å². The van der Waals surface area contributed by atoms with Crippen molar-refractivity contribution in [2.75, 3.05) is 12.8 Å². The van der Waals surface area contributed by atoms with E-state index in [4.69, 9.17) is 33.7 Å². The predicted molar refractivity (Wildman–Crippen MR) is 75.7 cm³/mol. The second-order valence-electron chi connectivity index (χ2n) is 4.03. The zero-order valence-corrected chi connectivity index (χ0v) is 11.7. The van der Waals surface area contributed by atoms with E-state index in [1.165, 1.54) is 7.11 Å². The lowest BCUT2D eigenvalue weighted by Crippen LogP contribution is -2.10. The van der Waals surface area contributed by atoms with E-state index < -0.39 is 5.97 Å². The number of anilines is 1. The number of aromatic nitrogens is 1. The van der Waals surface area contributed by atoms with Crippen LogP contribution < -0.4 is 5.73 Å². The van der Waals surface area contributed by atoms with Gasteiger partial charge in [-0.15, -0.1) is 0 Å². The van der Waals surface area contributed by atoms with Gasteiger partial charge in [-0.25, -0.2) is 4.79 Å². The number of benzene rings is 1. The van der Waals surface area contributed by atoms with Crippen molar-refractivity contribution in [2.24, 2.45) is 0 Å². The highest BCUT2D eigenvalue weighted by molar-refractivity contribution is 6.42. The van der Waals surface area contributed by atoms with E-state index in [0.29, 0.717) is 28.0 Å². The van der Waals surface area contributed by atoms with E-state index in [1.807, 2.05) is 6.07 Å². The van der Waals surface area contributed by atoms with Gasteiger partial charge in [0.15, 0.2) is 0 Å². The molecular formula is C13H12Cl2N2O2. The Morgan fingerprint density at radius 3 is 2.68 bits per heavy atom. The molecule has 0 spiro atoms. The third kappa shape index (κ3) is 3.03. The minimum Gasteiger partial charge on any atom is -0.464 e. The van der Waals surface area contributed by atoms with Gasteiger partial charge in [0.1, 0.15) is 5.69 Å². The van der Waals surface area contributed by atoms with E-state index in [2.05, 4.69) is 0 Å². The first kappa shape index (κ1) is 13.8. The largest absolute Gasteiger partial charge is 0.464 e. The number of nitrogens with two attached hydrogens (primary N) is 1. The van der Waals surface area contributed by atoms with Gasteiger partial charge in [-0.1, -0.05) is 29.3 Å². The lowest BCUT2D eigenvalue weighted by Gasteiger charge is -2.08. The molecule has 1 heterocycles. The summed E-state index contributed by atoms with van der Waals surface area (Å²) in [5, 5.41) is 0.963. The normalized spacial score (nSPS) is 10.5. The number of halogens is 2. The van der Waals surface area contributed by atoms with Crippen molar-refractivity contribution >= 4 is 34.9 Å². The Balaban J connectivity index is 2.32. The average Bonchev–Trinajstić information content (AvgIpc) is 2.74. The van der Waals surface area contributed by atoms with Crippen molar-refractivity contribution < 1.29 is 9.53 Å². The van der Waals surface area contributed by atoms with Crippen LogP contribution in [-0.4, -0.2) is 17.6 Å². The van der Waals surface area contributed by atoms with Crippen LogP contribution in [0.25, 0.3) is 0 Å². The van der Waals surface area contributed by atoms with Crippen LogP contribution in [0.4, 0.5) is 5.69 Å². The predicted octanol–water partition coefficient (Wildman–Crippen LogP) is 3.21. The van der Waals surface area contributed by atoms with Crippen LogP contribution in [-0.2, 0) is 11.3 Å². The topological polar surface area (TPSA) is 57.2 Å². The van der Waals surface area contributed by atoms with Gasteiger partial charge < -0.3 is 15.0 Å². The summed E-state index contributed by atoms with van der Waals surface area (Å²) in [4.78, 5) is 11.6. The van der Waals surface area contributed by atoms with Crippen LogP contribution in [0.15, 0.2) is 30.5 Å². The third-order valence-corrected chi connectivity index (χ3v) is 3.39. The third-order valence-electron chi connectivity index (χ3n) is 2.65. The van der Waals surface area contributed by atoms with Crippen LogP contribution in [0.3, 0.4) is 0 Å². The summed E-state index contributed by atoms with van der Waals surface area (Å²) in [5.41, 5.74) is 7.51. The van der Waals surface area contributed by atoms with Gasteiger partial charge in [0.05, 0.1) is 22.8 Å². The van der Waals surface area contributed by atoms with Gasteiger partial charge in [-0.3, -0.25) is 0 Å². The van der Waals surface area contributed by atoms with Crippen molar-refractivity contribution in [3.63, 3.8) is 0 Å².